The number of allylic oxidation sites excluding steroid dienone is 1. The Morgan fingerprint density at radius 3 is 2.71 bits per heavy atom. The first-order chi connectivity index (χ1) is 8.27. The molecule has 0 aliphatic carbocycles. The summed E-state index contributed by atoms with van der Waals surface area (Å²) in [6.45, 7) is -0.00105. The van der Waals surface area contributed by atoms with Crippen molar-refractivity contribution < 1.29 is 14.6 Å². The van der Waals surface area contributed by atoms with E-state index >= 15 is 0 Å². The van der Waals surface area contributed by atoms with Gasteiger partial charge in [-0.15, -0.1) is 0 Å². The molecule has 0 bridgehead atoms. The van der Waals surface area contributed by atoms with Gasteiger partial charge in [-0.1, -0.05) is 42.5 Å². The van der Waals surface area contributed by atoms with Crippen LogP contribution in [-0.4, -0.2) is 24.8 Å². The first-order valence-corrected chi connectivity index (χ1v) is 5.68. The van der Waals surface area contributed by atoms with Crippen LogP contribution in [0.3, 0.4) is 0 Å². The summed E-state index contributed by atoms with van der Waals surface area (Å²) in [6, 6.07) is 9.88. The third-order valence-electron chi connectivity index (χ3n) is 2.54. The number of rotatable bonds is 6. The Kier molecular flexibility index (Phi) is 6.04. The number of hydrogen-bond donors (Lipinski definition) is 1. The van der Waals surface area contributed by atoms with E-state index in [4.69, 9.17) is 5.11 Å². The fourth-order valence-electron chi connectivity index (χ4n) is 1.59. The first kappa shape index (κ1) is 13.5. The van der Waals surface area contributed by atoms with Crippen molar-refractivity contribution >= 4 is 12.0 Å². The molecule has 0 saturated heterocycles. The van der Waals surface area contributed by atoms with Crippen molar-refractivity contribution in [1.29, 1.82) is 0 Å². The molecule has 1 atom stereocenters. The molecule has 0 spiro atoms. The summed E-state index contributed by atoms with van der Waals surface area (Å²) in [7, 11) is 1.37. The number of benzene rings is 1. The number of aliphatic hydroxyl groups is 1. The van der Waals surface area contributed by atoms with Gasteiger partial charge < -0.3 is 9.84 Å². The lowest BCUT2D eigenvalue weighted by Gasteiger charge is -2.10. The molecular weight excluding hydrogens is 216 g/mol. The average Bonchev–Trinajstić information content (AvgIpc) is 2.38. The largest absolute Gasteiger partial charge is 0.469 e. The van der Waals surface area contributed by atoms with Crippen molar-refractivity contribution in [2.24, 2.45) is 5.92 Å². The first-order valence-electron chi connectivity index (χ1n) is 5.68. The van der Waals surface area contributed by atoms with Crippen LogP contribution in [0, 0.1) is 5.92 Å². The van der Waals surface area contributed by atoms with Crippen LogP contribution in [-0.2, 0) is 9.53 Å². The minimum Gasteiger partial charge on any atom is -0.469 e. The summed E-state index contributed by atoms with van der Waals surface area (Å²) < 4.78 is 4.68. The number of hydrogen-bond acceptors (Lipinski definition) is 3. The molecule has 0 heterocycles. The minimum atomic E-state index is -0.267. The standard InChI is InChI=1S/C14H18O3/c1-17-14(16)13(10-11-15)9-5-8-12-6-3-2-4-7-12/h2-8,13,15H,9-11H2,1H3/b8-5+/t13-/m1/s1. The second kappa shape index (κ2) is 7.63. The lowest BCUT2D eigenvalue weighted by molar-refractivity contribution is -0.145. The Morgan fingerprint density at radius 1 is 1.41 bits per heavy atom. The Morgan fingerprint density at radius 2 is 2.12 bits per heavy atom. The zero-order chi connectivity index (χ0) is 12.5. The van der Waals surface area contributed by atoms with Crippen LogP contribution in [0.1, 0.15) is 18.4 Å². The summed E-state index contributed by atoms with van der Waals surface area (Å²) in [5, 5.41) is 8.87. The lowest BCUT2D eigenvalue weighted by atomic mass is 10.0. The van der Waals surface area contributed by atoms with E-state index in [9.17, 15) is 4.79 Å². The number of methoxy groups -OCH3 is 1. The van der Waals surface area contributed by atoms with Crippen molar-refractivity contribution in [3.63, 3.8) is 0 Å². The molecule has 1 N–H and O–H groups in total. The van der Waals surface area contributed by atoms with Gasteiger partial charge >= 0.3 is 5.97 Å². The molecule has 0 saturated carbocycles. The van der Waals surface area contributed by atoms with Gasteiger partial charge in [-0.05, 0) is 18.4 Å². The van der Waals surface area contributed by atoms with Gasteiger partial charge in [-0.25, -0.2) is 0 Å². The predicted octanol–water partition coefficient (Wildman–Crippen LogP) is 2.26. The maximum Gasteiger partial charge on any atom is 0.309 e. The van der Waals surface area contributed by atoms with Crippen LogP contribution in [0.2, 0.25) is 0 Å². The van der Waals surface area contributed by atoms with E-state index < -0.39 is 0 Å². The SMILES string of the molecule is COC(=O)[C@H](C/C=C/c1ccccc1)CCO. The van der Waals surface area contributed by atoms with Crippen LogP contribution >= 0.6 is 0 Å². The van der Waals surface area contributed by atoms with E-state index in [1.807, 2.05) is 42.5 Å². The molecule has 1 rings (SSSR count). The maximum absolute atomic E-state index is 11.4. The summed E-state index contributed by atoms with van der Waals surface area (Å²) in [6.07, 6.45) is 4.92. The molecule has 0 radical (unpaired) electrons. The predicted molar refractivity (Wildman–Crippen MR) is 67.3 cm³/mol. The van der Waals surface area contributed by atoms with Crippen molar-refractivity contribution in [3.8, 4) is 0 Å². The zero-order valence-corrected chi connectivity index (χ0v) is 10.0. The van der Waals surface area contributed by atoms with Crippen molar-refractivity contribution in [1.82, 2.24) is 0 Å². The Labute approximate surface area is 102 Å². The Balaban J connectivity index is 2.51. The van der Waals surface area contributed by atoms with Gasteiger partial charge in [0.2, 0.25) is 0 Å². The van der Waals surface area contributed by atoms with Crippen LogP contribution < -0.4 is 0 Å². The molecule has 92 valence electrons. The molecule has 3 heteroatoms. The summed E-state index contributed by atoms with van der Waals surface area (Å²) in [4.78, 5) is 11.4. The zero-order valence-electron chi connectivity index (χ0n) is 10.0. The van der Waals surface area contributed by atoms with Crippen molar-refractivity contribution in [2.45, 2.75) is 12.8 Å². The van der Waals surface area contributed by atoms with Gasteiger partial charge in [0.05, 0.1) is 13.0 Å². The number of esters is 1. The summed E-state index contributed by atoms with van der Waals surface area (Å²) in [5.41, 5.74) is 1.10. The van der Waals surface area contributed by atoms with E-state index in [2.05, 4.69) is 4.74 Å². The van der Waals surface area contributed by atoms with E-state index in [1.54, 1.807) is 0 Å². The lowest BCUT2D eigenvalue weighted by Crippen LogP contribution is -2.16. The van der Waals surface area contributed by atoms with E-state index in [-0.39, 0.29) is 18.5 Å². The normalized spacial score (nSPS) is 12.6. The highest BCUT2D eigenvalue weighted by Crippen LogP contribution is 2.12. The van der Waals surface area contributed by atoms with E-state index in [1.165, 1.54) is 7.11 Å². The summed E-state index contributed by atoms with van der Waals surface area (Å²) in [5.74, 6) is -0.526. The van der Waals surface area contributed by atoms with Gasteiger partial charge in [0.1, 0.15) is 0 Å². The van der Waals surface area contributed by atoms with Crippen LogP contribution in [0.4, 0.5) is 0 Å². The fourth-order valence-corrected chi connectivity index (χ4v) is 1.59. The molecule has 0 unspecified atom stereocenters. The Bertz CT molecular complexity index is 357. The Hall–Kier alpha value is -1.61. The highest BCUT2D eigenvalue weighted by atomic mass is 16.5. The number of ether oxygens (including phenoxy) is 1. The molecule has 0 aromatic heterocycles. The summed E-state index contributed by atoms with van der Waals surface area (Å²) >= 11 is 0. The molecule has 0 amide bonds. The van der Waals surface area contributed by atoms with Gasteiger partial charge in [0, 0.05) is 6.61 Å². The molecule has 1 aromatic rings. The highest BCUT2D eigenvalue weighted by molar-refractivity contribution is 5.72. The molecule has 0 fully saturated rings. The van der Waals surface area contributed by atoms with Crippen LogP contribution in [0.15, 0.2) is 36.4 Å². The second-order valence-electron chi connectivity index (χ2n) is 3.78. The third kappa shape index (κ3) is 4.83. The molecule has 0 aliphatic heterocycles. The number of carbonyl (C=O) groups is 1. The molecular formula is C14H18O3. The smallest absolute Gasteiger partial charge is 0.309 e. The molecule has 1 aromatic carbocycles. The van der Waals surface area contributed by atoms with Crippen molar-refractivity contribution in [3.05, 3.63) is 42.0 Å². The molecule has 17 heavy (non-hydrogen) atoms. The van der Waals surface area contributed by atoms with E-state index in [0.29, 0.717) is 12.8 Å². The van der Waals surface area contributed by atoms with Gasteiger partial charge in [0.25, 0.3) is 0 Å². The fraction of sp³-hybridized carbons (Fsp3) is 0.357. The monoisotopic (exact) mass is 234 g/mol. The maximum atomic E-state index is 11.4. The van der Waals surface area contributed by atoms with E-state index in [0.717, 1.165) is 5.56 Å². The van der Waals surface area contributed by atoms with Crippen molar-refractivity contribution in [2.75, 3.05) is 13.7 Å². The minimum absolute atomic E-state index is 0.00105. The van der Waals surface area contributed by atoms with Gasteiger partial charge in [-0.3, -0.25) is 4.79 Å². The number of carbonyl (C=O) groups excluding carboxylic acids is 1. The quantitative estimate of drug-likeness (QED) is 0.768. The van der Waals surface area contributed by atoms with Gasteiger partial charge in [0.15, 0.2) is 0 Å². The van der Waals surface area contributed by atoms with Gasteiger partial charge in [-0.2, -0.15) is 0 Å². The average molecular weight is 234 g/mol. The second-order valence-corrected chi connectivity index (χ2v) is 3.78. The topological polar surface area (TPSA) is 46.5 Å². The van der Waals surface area contributed by atoms with Crippen LogP contribution in [0.25, 0.3) is 6.08 Å². The molecule has 0 aliphatic rings. The molecule has 3 nitrogen and oxygen atoms in total. The van der Waals surface area contributed by atoms with Crippen LogP contribution in [0.5, 0.6) is 0 Å². The third-order valence-corrected chi connectivity index (χ3v) is 2.54. The highest BCUT2D eigenvalue weighted by Gasteiger charge is 2.16. The number of aliphatic hydroxyl groups excluding tert-OH is 1.